The standard InChI is InChI=1S/C14H19N3O2/c1-4-5-6-7-8-9-12-10-15-19-14(12)16-13(18)11-17(2)3/h4-8,10H,1,9,11H2,2-3H3,(H,16,18)/b6-5-,8-7-. The highest BCUT2D eigenvalue weighted by Crippen LogP contribution is 2.15. The van der Waals surface area contributed by atoms with Crippen LogP contribution in [0.3, 0.4) is 0 Å². The quantitative estimate of drug-likeness (QED) is 0.763. The van der Waals surface area contributed by atoms with E-state index in [-0.39, 0.29) is 5.91 Å². The lowest BCUT2D eigenvalue weighted by Gasteiger charge is -2.08. The average molecular weight is 261 g/mol. The molecule has 1 amide bonds. The summed E-state index contributed by atoms with van der Waals surface area (Å²) < 4.78 is 5.03. The zero-order chi connectivity index (χ0) is 14.1. The summed E-state index contributed by atoms with van der Waals surface area (Å²) in [5.74, 6) is 0.280. The molecule has 0 atom stereocenters. The number of allylic oxidation sites excluding steroid dienone is 5. The number of carbonyl (C=O) groups is 1. The Morgan fingerprint density at radius 1 is 1.47 bits per heavy atom. The summed E-state index contributed by atoms with van der Waals surface area (Å²) in [6, 6.07) is 0. The zero-order valence-electron chi connectivity index (χ0n) is 11.3. The van der Waals surface area contributed by atoms with Crippen LogP contribution in [0, 0.1) is 0 Å². The molecule has 102 valence electrons. The van der Waals surface area contributed by atoms with Crippen LogP contribution in [0.5, 0.6) is 0 Å². The normalized spacial score (nSPS) is 11.5. The van der Waals surface area contributed by atoms with Crippen LogP contribution < -0.4 is 5.32 Å². The van der Waals surface area contributed by atoms with Crippen molar-refractivity contribution in [2.24, 2.45) is 0 Å². The van der Waals surface area contributed by atoms with E-state index in [9.17, 15) is 4.79 Å². The van der Waals surface area contributed by atoms with Crippen LogP contribution in [0.4, 0.5) is 5.88 Å². The van der Waals surface area contributed by atoms with Gasteiger partial charge in [0.15, 0.2) is 0 Å². The first-order chi connectivity index (χ1) is 9.13. The molecule has 0 saturated carbocycles. The highest BCUT2D eigenvalue weighted by Gasteiger charge is 2.11. The molecule has 1 rings (SSSR count). The minimum atomic E-state index is -0.126. The van der Waals surface area contributed by atoms with Gasteiger partial charge in [0.05, 0.1) is 12.7 Å². The lowest BCUT2D eigenvalue weighted by Crippen LogP contribution is -2.27. The van der Waals surface area contributed by atoms with Crippen LogP contribution in [-0.4, -0.2) is 36.6 Å². The lowest BCUT2D eigenvalue weighted by molar-refractivity contribution is -0.116. The fourth-order valence-corrected chi connectivity index (χ4v) is 1.38. The average Bonchev–Trinajstić information content (AvgIpc) is 2.75. The largest absolute Gasteiger partial charge is 0.338 e. The minimum Gasteiger partial charge on any atom is -0.338 e. The number of hydrogen-bond acceptors (Lipinski definition) is 4. The van der Waals surface area contributed by atoms with Crippen LogP contribution >= 0.6 is 0 Å². The Morgan fingerprint density at radius 2 is 2.26 bits per heavy atom. The lowest BCUT2D eigenvalue weighted by atomic mass is 10.2. The number of amides is 1. The van der Waals surface area contributed by atoms with E-state index in [0.717, 1.165) is 5.56 Å². The molecule has 0 aromatic carbocycles. The number of nitrogens with zero attached hydrogens (tertiary/aromatic N) is 2. The van der Waals surface area contributed by atoms with E-state index >= 15 is 0 Å². The fourth-order valence-electron chi connectivity index (χ4n) is 1.38. The van der Waals surface area contributed by atoms with Crippen LogP contribution in [0.25, 0.3) is 0 Å². The summed E-state index contributed by atoms with van der Waals surface area (Å²) in [5.41, 5.74) is 0.843. The van der Waals surface area contributed by atoms with Crippen LogP contribution in [0.2, 0.25) is 0 Å². The number of aromatic nitrogens is 1. The Labute approximate surface area is 113 Å². The Morgan fingerprint density at radius 3 is 2.95 bits per heavy atom. The van der Waals surface area contributed by atoms with Crippen LogP contribution in [0.15, 0.2) is 47.7 Å². The molecule has 0 fully saturated rings. The van der Waals surface area contributed by atoms with E-state index in [2.05, 4.69) is 17.1 Å². The molecule has 1 aromatic rings. The van der Waals surface area contributed by atoms with Crippen molar-refractivity contribution >= 4 is 11.8 Å². The van der Waals surface area contributed by atoms with E-state index in [1.54, 1.807) is 17.2 Å². The molecule has 1 aromatic heterocycles. The van der Waals surface area contributed by atoms with Crippen molar-refractivity contribution < 1.29 is 9.32 Å². The molecule has 0 unspecified atom stereocenters. The van der Waals surface area contributed by atoms with Gasteiger partial charge in [0.2, 0.25) is 11.8 Å². The third-order valence-corrected chi connectivity index (χ3v) is 2.19. The van der Waals surface area contributed by atoms with Crippen molar-refractivity contribution in [3.05, 3.63) is 48.7 Å². The SMILES string of the molecule is C=C/C=C\C=C/Cc1cnoc1NC(=O)CN(C)C. The number of hydrogen-bond donors (Lipinski definition) is 1. The van der Waals surface area contributed by atoms with Gasteiger partial charge in [0.25, 0.3) is 0 Å². The first kappa shape index (κ1) is 14.9. The van der Waals surface area contributed by atoms with Gasteiger partial charge in [-0.1, -0.05) is 42.1 Å². The summed E-state index contributed by atoms with van der Waals surface area (Å²) in [6.45, 7) is 3.89. The highest BCUT2D eigenvalue weighted by molar-refractivity contribution is 5.91. The number of rotatable bonds is 7. The van der Waals surface area contributed by atoms with Gasteiger partial charge in [-0.05, 0) is 20.5 Å². The van der Waals surface area contributed by atoms with E-state index < -0.39 is 0 Å². The van der Waals surface area contributed by atoms with Gasteiger partial charge >= 0.3 is 0 Å². The second-order valence-electron chi connectivity index (χ2n) is 4.22. The predicted molar refractivity (Wildman–Crippen MR) is 75.9 cm³/mol. The fraction of sp³-hybridized carbons (Fsp3) is 0.286. The Bertz CT molecular complexity index is 473. The highest BCUT2D eigenvalue weighted by atomic mass is 16.5. The van der Waals surface area contributed by atoms with Gasteiger partial charge in [-0.2, -0.15) is 0 Å². The summed E-state index contributed by atoms with van der Waals surface area (Å²) in [5, 5.41) is 6.39. The maximum atomic E-state index is 11.6. The molecule has 0 aliphatic carbocycles. The van der Waals surface area contributed by atoms with Crippen molar-refractivity contribution in [2.45, 2.75) is 6.42 Å². The molecule has 5 heteroatoms. The van der Waals surface area contributed by atoms with Crippen LogP contribution in [0.1, 0.15) is 5.56 Å². The first-order valence-electron chi connectivity index (χ1n) is 5.96. The molecule has 5 nitrogen and oxygen atoms in total. The Balaban J connectivity index is 2.55. The van der Waals surface area contributed by atoms with Crippen molar-refractivity contribution in [1.82, 2.24) is 10.1 Å². The predicted octanol–water partition coefficient (Wildman–Crippen LogP) is 2.02. The first-order valence-corrected chi connectivity index (χ1v) is 5.96. The van der Waals surface area contributed by atoms with Gasteiger partial charge in [0.1, 0.15) is 0 Å². The molecular formula is C14H19N3O2. The molecular weight excluding hydrogens is 242 g/mol. The summed E-state index contributed by atoms with van der Waals surface area (Å²) >= 11 is 0. The summed E-state index contributed by atoms with van der Waals surface area (Å²) in [6.07, 6.45) is 11.5. The van der Waals surface area contributed by atoms with Gasteiger partial charge < -0.3 is 9.42 Å². The van der Waals surface area contributed by atoms with Gasteiger partial charge in [-0.3, -0.25) is 10.1 Å². The molecule has 1 heterocycles. The maximum Gasteiger partial charge on any atom is 0.240 e. The Kier molecular flexibility index (Phi) is 6.32. The van der Waals surface area contributed by atoms with Crippen LogP contribution in [-0.2, 0) is 11.2 Å². The van der Waals surface area contributed by atoms with Gasteiger partial charge in [-0.25, -0.2) is 0 Å². The topological polar surface area (TPSA) is 58.4 Å². The summed E-state index contributed by atoms with van der Waals surface area (Å²) in [4.78, 5) is 13.4. The number of anilines is 1. The van der Waals surface area contributed by atoms with E-state index in [1.807, 2.05) is 38.4 Å². The van der Waals surface area contributed by atoms with Gasteiger partial charge in [-0.15, -0.1) is 0 Å². The molecule has 0 saturated heterocycles. The number of carbonyl (C=O) groups excluding carboxylic acids is 1. The van der Waals surface area contributed by atoms with Crippen molar-refractivity contribution in [3.63, 3.8) is 0 Å². The number of likely N-dealkylation sites (N-methyl/N-ethyl adjacent to an activating group) is 1. The van der Waals surface area contributed by atoms with Crippen molar-refractivity contribution in [3.8, 4) is 0 Å². The molecule has 0 bridgehead atoms. The molecule has 1 N–H and O–H groups in total. The molecule has 0 radical (unpaired) electrons. The maximum absolute atomic E-state index is 11.6. The Hall–Kier alpha value is -2.14. The zero-order valence-corrected chi connectivity index (χ0v) is 11.3. The second kappa shape index (κ2) is 8.05. The van der Waals surface area contributed by atoms with Crippen molar-refractivity contribution in [2.75, 3.05) is 26.0 Å². The second-order valence-corrected chi connectivity index (χ2v) is 4.22. The smallest absolute Gasteiger partial charge is 0.240 e. The van der Waals surface area contributed by atoms with Gasteiger partial charge in [0, 0.05) is 5.56 Å². The molecule has 0 aliphatic rings. The van der Waals surface area contributed by atoms with E-state index in [0.29, 0.717) is 18.8 Å². The van der Waals surface area contributed by atoms with E-state index in [1.165, 1.54) is 0 Å². The monoisotopic (exact) mass is 261 g/mol. The third-order valence-electron chi connectivity index (χ3n) is 2.19. The molecule has 19 heavy (non-hydrogen) atoms. The van der Waals surface area contributed by atoms with Crippen molar-refractivity contribution in [1.29, 1.82) is 0 Å². The minimum absolute atomic E-state index is 0.126. The van der Waals surface area contributed by atoms with E-state index in [4.69, 9.17) is 4.52 Å². The molecule has 0 spiro atoms. The summed E-state index contributed by atoms with van der Waals surface area (Å²) in [7, 11) is 3.66. The number of nitrogens with one attached hydrogen (secondary N) is 1. The molecule has 0 aliphatic heterocycles. The third kappa shape index (κ3) is 5.83.